The Hall–Kier alpha value is -4.26. The molecule has 1 aliphatic carbocycles. The van der Waals surface area contributed by atoms with Crippen LogP contribution in [0.2, 0.25) is 0 Å². The summed E-state index contributed by atoms with van der Waals surface area (Å²) >= 11 is 0. The van der Waals surface area contributed by atoms with E-state index >= 15 is 0 Å². The Labute approximate surface area is 233 Å². The first-order valence-corrected chi connectivity index (χ1v) is 14.0. The second kappa shape index (κ2) is 11.1. The minimum Gasteiger partial charge on any atom is -0.461 e. The molecule has 0 spiro atoms. The number of hydrogen-bond acceptors (Lipinski definition) is 5. The van der Waals surface area contributed by atoms with Gasteiger partial charge >= 0.3 is 0 Å². The number of amides is 1. The number of ketones is 1. The molecule has 6 rings (SSSR count). The molecule has 2 aliphatic heterocycles. The van der Waals surface area contributed by atoms with Crippen LogP contribution in [0.3, 0.4) is 0 Å². The Bertz CT molecular complexity index is 1440. The Morgan fingerprint density at radius 1 is 0.975 bits per heavy atom. The van der Waals surface area contributed by atoms with Gasteiger partial charge in [0.15, 0.2) is 0 Å². The van der Waals surface area contributed by atoms with Crippen molar-refractivity contribution >= 4 is 17.4 Å². The van der Waals surface area contributed by atoms with Gasteiger partial charge in [0.1, 0.15) is 11.6 Å². The van der Waals surface area contributed by atoms with Gasteiger partial charge in [-0.3, -0.25) is 9.59 Å². The summed E-state index contributed by atoms with van der Waals surface area (Å²) in [5.41, 5.74) is 3.67. The number of hydrogen-bond donors (Lipinski definition) is 0. The predicted octanol–water partition coefficient (Wildman–Crippen LogP) is 6.54. The zero-order valence-electron chi connectivity index (χ0n) is 22.3. The Morgan fingerprint density at radius 3 is 2.40 bits per heavy atom. The third-order valence-electron chi connectivity index (χ3n) is 8.12. The van der Waals surface area contributed by atoms with Crippen molar-refractivity contribution < 1.29 is 18.7 Å². The van der Waals surface area contributed by atoms with Gasteiger partial charge in [0, 0.05) is 35.7 Å². The van der Waals surface area contributed by atoms with E-state index in [4.69, 9.17) is 9.84 Å². The highest BCUT2D eigenvalue weighted by atomic mass is 19.1. The van der Waals surface area contributed by atoms with Crippen molar-refractivity contribution in [3.05, 3.63) is 114 Å². The molecule has 3 aromatic carbocycles. The first-order chi connectivity index (χ1) is 19.5. The molecule has 3 aromatic rings. The molecule has 1 amide bonds. The van der Waals surface area contributed by atoms with Crippen LogP contribution in [0.1, 0.15) is 76.4 Å². The summed E-state index contributed by atoms with van der Waals surface area (Å²) in [4.78, 5) is 28.9. The minimum atomic E-state index is -0.966. The number of ether oxygens (including phenoxy) is 1. The summed E-state index contributed by atoms with van der Waals surface area (Å²) in [5, 5.41) is 6.58. The van der Waals surface area contributed by atoms with E-state index in [1.165, 1.54) is 30.7 Å². The van der Waals surface area contributed by atoms with Crippen molar-refractivity contribution in [2.45, 2.75) is 56.8 Å². The van der Waals surface area contributed by atoms with Gasteiger partial charge in [-0.2, -0.15) is 5.10 Å². The quantitative estimate of drug-likeness (QED) is 0.254. The molecule has 40 heavy (non-hydrogen) atoms. The molecule has 0 saturated heterocycles. The van der Waals surface area contributed by atoms with Crippen LogP contribution in [0.5, 0.6) is 5.75 Å². The van der Waals surface area contributed by atoms with Crippen molar-refractivity contribution in [3.8, 4) is 5.75 Å². The number of carbonyl (C=O) groups is 2. The van der Waals surface area contributed by atoms with Gasteiger partial charge in [-0.1, -0.05) is 55.7 Å². The maximum absolute atomic E-state index is 13.5. The van der Waals surface area contributed by atoms with Crippen molar-refractivity contribution in [2.75, 3.05) is 6.54 Å². The number of Topliss-reactive ketones (excluding diaryl/α,β-unsaturated/α-hetero) is 1. The Kier molecular flexibility index (Phi) is 7.20. The number of rotatable bonds is 7. The number of fused-ring (bicyclic) bond motifs is 3. The number of para-hydroxylation sites is 1. The summed E-state index contributed by atoms with van der Waals surface area (Å²) in [7, 11) is 0. The molecule has 1 fully saturated rings. The van der Waals surface area contributed by atoms with Crippen LogP contribution in [0, 0.1) is 5.82 Å². The van der Waals surface area contributed by atoms with Crippen LogP contribution in [-0.4, -0.2) is 46.1 Å². The summed E-state index contributed by atoms with van der Waals surface area (Å²) in [6.07, 6.45) is 7.03. The summed E-state index contributed by atoms with van der Waals surface area (Å²) < 4.78 is 19.6. The van der Waals surface area contributed by atoms with E-state index < -0.39 is 12.0 Å². The molecule has 3 aliphatic rings. The van der Waals surface area contributed by atoms with Crippen LogP contribution < -0.4 is 4.74 Å². The second-order valence-corrected chi connectivity index (χ2v) is 10.6. The van der Waals surface area contributed by atoms with E-state index in [0.717, 1.165) is 42.5 Å². The topological polar surface area (TPSA) is 62.2 Å². The van der Waals surface area contributed by atoms with Crippen molar-refractivity contribution in [1.82, 2.24) is 9.91 Å². The van der Waals surface area contributed by atoms with Gasteiger partial charge in [0.25, 0.3) is 12.1 Å². The lowest BCUT2D eigenvalue weighted by atomic mass is 9.93. The highest BCUT2D eigenvalue weighted by Crippen LogP contribution is 2.43. The maximum Gasteiger partial charge on any atom is 0.254 e. The van der Waals surface area contributed by atoms with Crippen molar-refractivity contribution in [3.63, 3.8) is 0 Å². The average Bonchev–Trinajstić information content (AvgIpc) is 3.46. The lowest BCUT2D eigenvalue weighted by molar-refractivity contribution is -0.00456. The lowest BCUT2D eigenvalue weighted by Gasteiger charge is -2.37. The van der Waals surface area contributed by atoms with E-state index in [0.29, 0.717) is 29.8 Å². The molecule has 0 bridgehead atoms. The normalized spacial score (nSPS) is 20.1. The monoisotopic (exact) mass is 537 g/mol. The van der Waals surface area contributed by atoms with Crippen LogP contribution in [-0.2, 0) is 0 Å². The zero-order valence-corrected chi connectivity index (χ0v) is 22.3. The number of hydrazone groups is 1. The number of benzene rings is 3. The molecule has 2 heterocycles. The number of carbonyl (C=O) groups excluding carboxylic acids is 2. The van der Waals surface area contributed by atoms with E-state index in [1.807, 2.05) is 53.4 Å². The minimum absolute atomic E-state index is 0.0245. The standard InChI is InChI=1S/C33H32FN3O3/c1-2-20-36(26-8-4-3-5-9-26)32(39)24-14-12-22(13-15-24)28-21-29-27-10-6-7-11-30(27)40-33(37(29)35-28)31(38)23-16-18-25(34)19-17-23/h2,6-7,10-19,26,29,33H,1,3-5,8-9,20-21H2. The molecule has 0 aromatic heterocycles. The van der Waals surface area contributed by atoms with Crippen LogP contribution in [0.25, 0.3) is 0 Å². The number of halogens is 1. The zero-order chi connectivity index (χ0) is 27.6. The third-order valence-corrected chi connectivity index (χ3v) is 8.12. The summed E-state index contributed by atoms with van der Waals surface area (Å²) in [6.45, 7) is 4.40. The highest BCUT2D eigenvalue weighted by Gasteiger charge is 2.43. The van der Waals surface area contributed by atoms with Gasteiger partial charge in [0.2, 0.25) is 5.78 Å². The van der Waals surface area contributed by atoms with Crippen LogP contribution in [0.15, 0.2) is 90.6 Å². The fourth-order valence-electron chi connectivity index (χ4n) is 6.04. The van der Waals surface area contributed by atoms with Gasteiger partial charge < -0.3 is 9.64 Å². The van der Waals surface area contributed by atoms with Crippen molar-refractivity contribution in [2.24, 2.45) is 5.10 Å². The van der Waals surface area contributed by atoms with E-state index in [1.54, 1.807) is 11.1 Å². The second-order valence-electron chi connectivity index (χ2n) is 10.6. The van der Waals surface area contributed by atoms with Gasteiger partial charge in [0.05, 0.1) is 11.8 Å². The highest BCUT2D eigenvalue weighted by molar-refractivity contribution is 6.04. The van der Waals surface area contributed by atoms with E-state index in [-0.39, 0.29) is 23.8 Å². The van der Waals surface area contributed by atoms with Crippen LogP contribution in [0.4, 0.5) is 4.39 Å². The smallest absolute Gasteiger partial charge is 0.254 e. The fraction of sp³-hybridized carbons (Fsp3) is 0.303. The average molecular weight is 538 g/mol. The molecule has 204 valence electrons. The predicted molar refractivity (Wildman–Crippen MR) is 152 cm³/mol. The summed E-state index contributed by atoms with van der Waals surface area (Å²) in [6, 6.07) is 20.8. The molecule has 7 heteroatoms. The molecule has 2 unspecified atom stereocenters. The fourth-order valence-corrected chi connectivity index (χ4v) is 6.04. The first kappa shape index (κ1) is 26.0. The Balaban J connectivity index is 1.26. The van der Waals surface area contributed by atoms with E-state index in [2.05, 4.69) is 6.58 Å². The van der Waals surface area contributed by atoms with Crippen LogP contribution >= 0.6 is 0 Å². The largest absolute Gasteiger partial charge is 0.461 e. The molecule has 0 radical (unpaired) electrons. The van der Waals surface area contributed by atoms with E-state index in [9.17, 15) is 14.0 Å². The lowest BCUT2D eigenvalue weighted by Crippen LogP contribution is -2.45. The van der Waals surface area contributed by atoms with Gasteiger partial charge in [-0.15, -0.1) is 6.58 Å². The number of nitrogens with zero attached hydrogens (tertiary/aromatic N) is 3. The molecule has 6 nitrogen and oxygen atoms in total. The maximum atomic E-state index is 13.5. The molecule has 0 N–H and O–H groups in total. The molecular formula is C33H32FN3O3. The first-order valence-electron chi connectivity index (χ1n) is 14.0. The third kappa shape index (κ3) is 4.92. The molecule has 1 saturated carbocycles. The van der Waals surface area contributed by atoms with Crippen molar-refractivity contribution in [1.29, 1.82) is 0 Å². The molecular weight excluding hydrogens is 505 g/mol. The summed E-state index contributed by atoms with van der Waals surface area (Å²) in [5.74, 6) is -0.0161. The SMILES string of the molecule is C=CCN(C(=O)c1ccc(C2=NN3C(C(=O)c4ccc(F)cc4)Oc4ccccc4C3C2)cc1)C1CCCCC1. The molecule has 2 atom stereocenters. The Morgan fingerprint density at radius 2 is 1.68 bits per heavy atom. The van der Waals surface area contributed by atoms with Gasteiger partial charge in [-0.25, -0.2) is 9.40 Å². The van der Waals surface area contributed by atoms with Gasteiger partial charge in [-0.05, 0) is 60.9 Å².